The standard InChI is InChI=1S/C15H22FNO5/c1-15(2,3)22-14(21)17-8-7-11(18)13(20)9-5-4-6-10(16)12(9)19/h4-6,11,13,18-20H,7-8H2,1-3H3,(H,17,21). The van der Waals surface area contributed by atoms with Crippen LogP contribution in [0.15, 0.2) is 18.2 Å². The Morgan fingerprint density at radius 3 is 2.59 bits per heavy atom. The maximum absolute atomic E-state index is 13.2. The molecule has 0 fully saturated rings. The number of phenols is 1. The molecule has 1 amide bonds. The molecule has 0 bridgehead atoms. The van der Waals surface area contributed by atoms with Crippen molar-refractivity contribution in [3.05, 3.63) is 29.6 Å². The summed E-state index contributed by atoms with van der Waals surface area (Å²) in [6.07, 6.45) is -3.36. The zero-order chi connectivity index (χ0) is 16.9. The van der Waals surface area contributed by atoms with Gasteiger partial charge in [-0.25, -0.2) is 9.18 Å². The third-order valence-corrected chi connectivity index (χ3v) is 2.81. The van der Waals surface area contributed by atoms with Crippen molar-refractivity contribution in [3.63, 3.8) is 0 Å². The summed E-state index contributed by atoms with van der Waals surface area (Å²) in [6, 6.07) is 3.68. The molecule has 0 saturated carbocycles. The summed E-state index contributed by atoms with van der Waals surface area (Å²) in [7, 11) is 0. The molecule has 0 aliphatic carbocycles. The lowest BCUT2D eigenvalue weighted by atomic mass is 10.0. The van der Waals surface area contributed by atoms with Gasteiger partial charge in [-0.1, -0.05) is 12.1 Å². The number of hydrogen-bond acceptors (Lipinski definition) is 5. The molecule has 0 aliphatic heterocycles. The van der Waals surface area contributed by atoms with Gasteiger partial charge in [-0.3, -0.25) is 0 Å². The highest BCUT2D eigenvalue weighted by atomic mass is 19.1. The van der Waals surface area contributed by atoms with E-state index in [1.165, 1.54) is 12.1 Å². The number of carbonyl (C=O) groups is 1. The van der Waals surface area contributed by atoms with Crippen molar-refractivity contribution >= 4 is 6.09 Å². The molecule has 6 nitrogen and oxygen atoms in total. The van der Waals surface area contributed by atoms with Gasteiger partial charge in [-0.15, -0.1) is 0 Å². The Bertz CT molecular complexity index is 515. The molecule has 0 saturated heterocycles. The predicted octanol–water partition coefficient (Wildman–Crippen LogP) is 1.84. The minimum absolute atomic E-state index is 0.0103. The van der Waals surface area contributed by atoms with Crippen LogP contribution in [0.3, 0.4) is 0 Å². The summed E-state index contributed by atoms with van der Waals surface area (Å²) in [6.45, 7) is 5.22. The zero-order valence-corrected chi connectivity index (χ0v) is 12.8. The number of alkyl carbamates (subject to hydrolysis) is 1. The molecule has 124 valence electrons. The number of nitrogens with one attached hydrogen (secondary N) is 1. The summed E-state index contributed by atoms with van der Waals surface area (Å²) < 4.78 is 18.2. The number of aliphatic hydroxyl groups is 2. The number of benzene rings is 1. The SMILES string of the molecule is CC(C)(C)OC(=O)NCCC(O)C(O)c1cccc(F)c1O. The van der Waals surface area contributed by atoms with Gasteiger partial charge in [-0.05, 0) is 33.3 Å². The monoisotopic (exact) mass is 315 g/mol. The average molecular weight is 315 g/mol. The van der Waals surface area contributed by atoms with Crippen LogP contribution in [-0.2, 0) is 4.74 Å². The fourth-order valence-electron chi connectivity index (χ4n) is 1.77. The lowest BCUT2D eigenvalue weighted by Gasteiger charge is -2.21. The zero-order valence-electron chi connectivity index (χ0n) is 12.8. The number of carbonyl (C=O) groups excluding carboxylic acids is 1. The van der Waals surface area contributed by atoms with Gasteiger partial charge in [0.05, 0.1) is 6.10 Å². The quantitative estimate of drug-likeness (QED) is 0.664. The second kappa shape index (κ2) is 7.42. The van der Waals surface area contributed by atoms with E-state index < -0.39 is 35.5 Å². The molecule has 22 heavy (non-hydrogen) atoms. The molecule has 1 aromatic carbocycles. The van der Waals surface area contributed by atoms with E-state index in [1.807, 2.05) is 0 Å². The number of rotatable bonds is 5. The molecule has 1 rings (SSSR count). The molecule has 1 aromatic rings. The minimum atomic E-state index is -1.46. The number of para-hydroxylation sites is 1. The lowest BCUT2D eigenvalue weighted by Crippen LogP contribution is -2.34. The molecule has 2 atom stereocenters. The van der Waals surface area contributed by atoms with Crippen molar-refractivity contribution in [2.75, 3.05) is 6.54 Å². The van der Waals surface area contributed by atoms with Crippen LogP contribution in [0.2, 0.25) is 0 Å². The molecule has 0 radical (unpaired) electrons. The van der Waals surface area contributed by atoms with Gasteiger partial charge in [0.25, 0.3) is 0 Å². The summed E-state index contributed by atoms with van der Waals surface area (Å²) >= 11 is 0. The first-order valence-corrected chi connectivity index (χ1v) is 6.92. The normalized spacial score (nSPS) is 14.3. The van der Waals surface area contributed by atoms with Crippen molar-refractivity contribution in [2.45, 2.75) is 45.0 Å². The highest BCUT2D eigenvalue weighted by molar-refractivity contribution is 5.67. The highest BCUT2D eigenvalue weighted by Crippen LogP contribution is 2.29. The van der Waals surface area contributed by atoms with E-state index in [-0.39, 0.29) is 18.5 Å². The first-order valence-electron chi connectivity index (χ1n) is 6.92. The predicted molar refractivity (Wildman–Crippen MR) is 77.9 cm³/mol. The number of amides is 1. The number of aliphatic hydroxyl groups excluding tert-OH is 2. The van der Waals surface area contributed by atoms with Crippen molar-refractivity contribution < 1.29 is 29.2 Å². The Labute approximate surface area is 128 Å². The smallest absolute Gasteiger partial charge is 0.407 e. The van der Waals surface area contributed by atoms with Crippen LogP contribution in [0.25, 0.3) is 0 Å². The van der Waals surface area contributed by atoms with Crippen LogP contribution in [0.5, 0.6) is 5.75 Å². The van der Waals surface area contributed by atoms with Gasteiger partial charge in [0.15, 0.2) is 11.6 Å². The largest absolute Gasteiger partial charge is 0.505 e. The summed E-state index contributed by atoms with van der Waals surface area (Å²) in [5.41, 5.74) is -0.736. The molecule has 0 aromatic heterocycles. The average Bonchev–Trinajstić information content (AvgIpc) is 2.39. The van der Waals surface area contributed by atoms with E-state index in [0.29, 0.717) is 0 Å². The maximum Gasteiger partial charge on any atom is 0.407 e. The number of aromatic hydroxyl groups is 1. The van der Waals surface area contributed by atoms with E-state index in [1.54, 1.807) is 20.8 Å². The highest BCUT2D eigenvalue weighted by Gasteiger charge is 2.23. The Kier molecular flexibility index (Phi) is 6.13. The van der Waals surface area contributed by atoms with Crippen molar-refractivity contribution in [1.29, 1.82) is 0 Å². The van der Waals surface area contributed by atoms with Crippen LogP contribution >= 0.6 is 0 Å². The fraction of sp³-hybridized carbons (Fsp3) is 0.533. The number of halogens is 1. The molecular weight excluding hydrogens is 293 g/mol. The summed E-state index contributed by atoms with van der Waals surface area (Å²) in [4.78, 5) is 11.4. The van der Waals surface area contributed by atoms with Gasteiger partial charge in [-0.2, -0.15) is 0 Å². The Morgan fingerprint density at radius 1 is 1.36 bits per heavy atom. The van der Waals surface area contributed by atoms with Gasteiger partial charge in [0.2, 0.25) is 0 Å². The first kappa shape index (κ1) is 18.2. The Hall–Kier alpha value is -1.86. The van der Waals surface area contributed by atoms with Crippen LogP contribution in [0, 0.1) is 5.82 Å². The Morgan fingerprint density at radius 2 is 2.00 bits per heavy atom. The van der Waals surface area contributed by atoms with Crippen molar-refractivity contribution in [2.24, 2.45) is 0 Å². The molecule has 4 N–H and O–H groups in total. The fourth-order valence-corrected chi connectivity index (χ4v) is 1.77. The van der Waals surface area contributed by atoms with Crippen LogP contribution in [0.4, 0.5) is 9.18 Å². The van der Waals surface area contributed by atoms with E-state index in [9.17, 15) is 24.5 Å². The van der Waals surface area contributed by atoms with E-state index in [2.05, 4.69) is 5.32 Å². The molecule has 0 spiro atoms. The third kappa shape index (κ3) is 5.50. The Balaban J connectivity index is 2.50. The number of ether oxygens (including phenoxy) is 1. The first-order chi connectivity index (χ1) is 10.1. The van der Waals surface area contributed by atoms with Gasteiger partial charge in [0.1, 0.15) is 11.7 Å². The second-order valence-electron chi connectivity index (χ2n) is 5.91. The molecule has 0 aliphatic rings. The van der Waals surface area contributed by atoms with E-state index in [4.69, 9.17) is 4.74 Å². The van der Waals surface area contributed by atoms with Crippen molar-refractivity contribution in [1.82, 2.24) is 5.32 Å². The lowest BCUT2D eigenvalue weighted by molar-refractivity contribution is 0.0108. The van der Waals surface area contributed by atoms with Gasteiger partial charge in [0, 0.05) is 12.1 Å². The molecule has 0 heterocycles. The molecule has 2 unspecified atom stereocenters. The summed E-state index contributed by atoms with van der Waals surface area (Å²) in [5.74, 6) is -1.58. The van der Waals surface area contributed by atoms with Crippen LogP contribution < -0.4 is 5.32 Å². The topological polar surface area (TPSA) is 99.0 Å². The minimum Gasteiger partial charge on any atom is -0.505 e. The molecular formula is C15H22FNO5. The molecule has 7 heteroatoms. The summed E-state index contributed by atoms with van der Waals surface area (Å²) in [5, 5.41) is 31.7. The van der Waals surface area contributed by atoms with Crippen LogP contribution in [0.1, 0.15) is 38.9 Å². The van der Waals surface area contributed by atoms with E-state index >= 15 is 0 Å². The van der Waals surface area contributed by atoms with Gasteiger partial charge < -0.3 is 25.4 Å². The van der Waals surface area contributed by atoms with E-state index in [0.717, 1.165) is 6.07 Å². The van der Waals surface area contributed by atoms with Crippen molar-refractivity contribution in [3.8, 4) is 5.75 Å². The van der Waals surface area contributed by atoms with Crippen LogP contribution in [-0.4, -0.2) is 39.7 Å². The number of hydrogen-bond donors (Lipinski definition) is 4. The second-order valence-corrected chi connectivity index (χ2v) is 5.91. The maximum atomic E-state index is 13.2. The number of phenolic OH excluding ortho intramolecular Hbond substituents is 1. The third-order valence-electron chi connectivity index (χ3n) is 2.81. The van der Waals surface area contributed by atoms with Gasteiger partial charge >= 0.3 is 6.09 Å².